The second-order valence-corrected chi connectivity index (χ2v) is 8.73. The topological polar surface area (TPSA) is 75.3 Å². The van der Waals surface area contributed by atoms with Gasteiger partial charge in [0.1, 0.15) is 5.54 Å². The van der Waals surface area contributed by atoms with E-state index >= 15 is 0 Å². The molecule has 2 amide bonds. The molecule has 4 rings (SSSR count). The number of rotatable bonds is 5. The van der Waals surface area contributed by atoms with Crippen LogP contribution in [-0.4, -0.2) is 23.1 Å². The van der Waals surface area contributed by atoms with Gasteiger partial charge in [-0.15, -0.1) is 0 Å². The summed E-state index contributed by atoms with van der Waals surface area (Å²) in [5, 5.41) is 5.50. The predicted octanol–water partition coefficient (Wildman–Crippen LogP) is 3.99. The van der Waals surface area contributed by atoms with Gasteiger partial charge in [-0.25, -0.2) is 0 Å². The molecule has 2 atom stereocenters. The van der Waals surface area contributed by atoms with E-state index in [9.17, 15) is 14.4 Å². The quantitative estimate of drug-likeness (QED) is 0.740. The fourth-order valence-corrected chi connectivity index (χ4v) is 4.71. The summed E-state index contributed by atoms with van der Waals surface area (Å²) in [5.74, 6) is -2.22. The van der Waals surface area contributed by atoms with Gasteiger partial charge in [0.2, 0.25) is 11.8 Å². The monoisotopic (exact) mass is 404 g/mol. The van der Waals surface area contributed by atoms with Crippen LogP contribution in [0, 0.1) is 5.92 Å². The number of hydrogen-bond donors (Lipinski definition) is 2. The van der Waals surface area contributed by atoms with E-state index < -0.39 is 23.3 Å². The Morgan fingerprint density at radius 3 is 2.33 bits per heavy atom. The van der Waals surface area contributed by atoms with Crippen LogP contribution in [0.1, 0.15) is 56.1 Å². The Bertz CT molecular complexity index is 933. The van der Waals surface area contributed by atoms with Gasteiger partial charge in [-0.3, -0.25) is 14.4 Å². The van der Waals surface area contributed by atoms with Crippen molar-refractivity contribution < 1.29 is 14.4 Å². The summed E-state index contributed by atoms with van der Waals surface area (Å²) in [6.07, 6.45) is 6.63. The Labute approximate surface area is 177 Å². The lowest BCUT2D eigenvalue weighted by atomic mass is 9.84. The van der Waals surface area contributed by atoms with Gasteiger partial charge in [0.05, 0.1) is 0 Å². The van der Waals surface area contributed by atoms with Crippen molar-refractivity contribution in [2.75, 3.05) is 5.32 Å². The summed E-state index contributed by atoms with van der Waals surface area (Å²) < 4.78 is 0. The van der Waals surface area contributed by atoms with Gasteiger partial charge in [0.25, 0.3) is 0 Å². The standard InChI is InChI=1S/C25H28N2O3/c1-25(16-17-8-4-2-5-9-17)22(28)21(24(30)27-25)23(29)26-20-14-12-19(13-15-20)18-10-6-3-7-11-18/h2,4-5,8-9,12-15,18,21H,3,6-7,10-11,16H2,1H3,(H,26,29)(H,27,30)/t21?,25-/m0/s1. The lowest BCUT2D eigenvalue weighted by Crippen LogP contribution is -2.45. The maximum Gasteiger partial charge on any atom is 0.244 e. The first-order chi connectivity index (χ1) is 14.5. The Morgan fingerprint density at radius 2 is 1.67 bits per heavy atom. The summed E-state index contributed by atoms with van der Waals surface area (Å²) in [6.45, 7) is 1.69. The predicted molar refractivity (Wildman–Crippen MR) is 116 cm³/mol. The third-order valence-electron chi connectivity index (χ3n) is 6.38. The van der Waals surface area contributed by atoms with Crippen molar-refractivity contribution in [2.45, 2.75) is 56.9 Å². The molecule has 1 unspecified atom stereocenters. The average Bonchev–Trinajstić information content (AvgIpc) is 2.97. The first-order valence-electron chi connectivity index (χ1n) is 10.8. The third-order valence-corrected chi connectivity index (χ3v) is 6.38. The number of anilines is 1. The molecule has 2 aliphatic rings. The van der Waals surface area contributed by atoms with E-state index in [0.717, 1.165) is 5.56 Å². The van der Waals surface area contributed by atoms with Gasteiger partial charge >= 0.3 is 0 Å². The zero-order chi connectivity index (χ0) is 21.1. The molecule has 2 aromatic rings. The highest BCUT2D eigenvalue weighted by molar-refractivity contribution is 6.27. The Kier molecular flexibility index (Phi) is 5.71. The molecule has 0 spiro atoms. The molecule has 30 heavy (non-hydrogen) atoms. The lowest BCUT2D eigenvalue weighted by Gasteiger charge is -2.22. The number of benzene rings is 2. The van der Waals surface area contributed by atoms with Crippen molar-refractivity contribution in [1.82, 2.24) is 5.32 Å². The molecule has 2 fully saturated rings. The first-order valence-corrected chi connectivity index (χ1v) is 10.8. The van der Waals surface area contributed by atoms with Crippen LogP contribution in [-0.2, 0) is 20.8 Å². The van der Waals surface area contributed by atoms with E-state index in [-0.39, 0.29) is 5.78 Å². The summed E-state index contributed by atoms with van der Waals surface area (Å²) in [5.41, 5.74) is 1.76. The Balaban J connectivity index is 1.42. The summed E-state index contributed by atoms with van der Waals surface area (Å²) in [4.78, 5) is 38.2. The van der Waals surface area contributed by atoms with E-state index in [1.807, 2.05) is 54.6 Å². The highest BCUT2D eigenvalue weighted by Crippen LogP contribution is 2.33. The van der Waals surface area contributed by atoms with Crippen LogP contribution < -0.4 is 10.6 Å². The normalized spacial score (nSPS) is 24.5. The second kappa shape index (κ2) is 8.42. The van der Waals surface area contributed by atoms with Gasteiger partial charge in [-0.1, -0.05) is 61.7 Å². The molecule has 1 saturated carbocycles. The molecule has 2 aromatic carbocycles. The number of carbonyl (C=O) groups is 3. The van der Waals surface area contributed by atoms with E-state index in [1.165, 1.54) is 37.7 Å². The van der Waals surface area contributed by atoms with Gasteiger partial charge < -0.3 is 10.6 Å². The van der Waals surface area contributed by atoms with E-state index in [1.54, 1.807) is 6.92 Å². The van der Waals surface area contributed by atoms with Crippen LogP contribution in [0.5, 0.6) is 0 Å². The molecular weight excluding hydrogens is 376 g/mol. The molecule has 1 aliphatic carbocycles. The molecule has 156 valence electrons. The van der Waals surface area contributed by atoms with Gasteiger partial charge in [0.15, 0.2) is 11.7 Å². The molecule has 0 radical (unpaired) electrons. The van der Waals surface area contributed by atoms with Crippen LogP contribution in [0.25, 0.3) is 0 Å². The molecule has 5 nitrogen and oxygen atoms in total. The highest BCUT2D eigenvalue weighted by Gasteiger charge is 2.52. The molecule has 2 N–H and O–H groups in total. The molecule has 0 aromatic heterocycles. The highest BCUT2D eigenvalue weighted by atomic mass is 16.2. The van der Waals surface area contributed by atoms with Crippen LogP contribution in [0.3, 0.4) is 0 Å². The van der Waals surface area contributed by atoms with Crippen molar-refractivity contribution in [3.8, 4) is 0 Å². The van der Waals surface area contributed by atoms with Crippen LogP contribution in [0.2, 0.25) is 0 Å². The van der Waals surface area contributed by atoms with Crippen LogP contribution >= 0.6 is 0 Å². The summed E-state index contributed by atoms with van der Waals surface area (Å²) in [7, 11) is 0. The minimum absolute atomic E-state index is 0.359. The van der Waals surface area contributed by atoms with E-state index in [0.29, 0.717) is 18.0 Å². The van der Waals surface area contributed by atoms with Gasteiger partial charge in [0, 0.05) is 12.1 Å². The van der Waals surface area contributed by atoms with Crippen molar-refractivity contribution in [1.29, 1.82) is 0 Å². The maximum absolute atomic E-state index is 13.0. The van der Waals surface area contributed by atoms with Crippen LogP contribution in [0.4, 0.5) is 5.69 Å². The molecular formula is C25H28N2O3. The zero-order valence-corrected chi connectivity index (χ0v) is 17.3. The molecule has 1 aliphatic heterocycles. The molecule has 0 bridgehead atoms. The number of nitrogens with one attached hydrogen (secondary N) is 2. The number of ketones is 1. The summed E-state index contributed by atoms with van der Waals surface area (Å²) >= 11 is 0. The van der Waals surface area contributed by atoms with Crippen molar-refractivity contribution in [3.05, 3.63) is 65.7 Å². The fraction of sp³-hybridized carbons (Fsp3) is 0.400. The van der Waals surface area contributed by atoms with Crippen molar-refractivity contribution >= 4 is 23.3 Å². The zero-order valence-electron chi connectivity index (χ0n) is 17.3. The number of hydrogen-bond acceptors (Lipinski definition) is 3. The maximum atomic E-state index is 13.0. The van der Waals surface area contributed by atoms with Crippen molar-refractivity contribution in [3.63, 3.8) is 0 Å². The van der Waals surface area contributed by atoms with Gasteiger partial charge in [-0.2, -0.15) is 0 Å². The second-order valence-electron chi connectivity index (χ2n) is 8.73. The fourth-order valence-electron chi connectivity index (χ4n) is 4.71. The Morgan fingerprint density at radius 1 is 1.00 bits per heavy atom. The molecule has 5 heteroatoms. The molecule has 1 saturated heterocycles. The van der Waals surface area contributed by atoms with E-state index in [2.05, 4.69) is 10.6 Å². The average molecular weight is 405 g/mol. The SMILES string of the molecule is C[C@@]1(Cc2ccccc2)NC(=O)C(C(=O)Nc2ccc(C3CCCCC3)cc2)C1=O. The third kappa shape index (κ3) is 4.16. The summed E-state index contributed by atoms with van der Waals surface area (Å²) in [6, 6.07) is 17.3. The van der Waals surface area contributed by atoms with Crippen molar-refractivity contribution in [2.24, 2.45) is 5.92 Å². The number of carbonyl (C=O) groups excluding carboxylic acids is 3. The largest absolute Gasteiger partial charge is 0.342 e. The number of amides is 2. The Hall–Kier alpha value is -2.95. The smallest absolute Gasteiger partial charge is 0.244 e. The lowest BCUT2D eigenvalue weighted by molar-refractivity contribution is -0.135. The minimum atomic E-state index is -1.32. The molecule has 1 heterocycles. The van der Waals surface area contributed by atoms with Gasteiger partial charge in [-0.05, 0) is 48.9 Å². The minimum Gasteiger partial charge on any atom is -0.342 e. The number of Topliss-reactive ketones (excluding diaryl/α,β-unsaturated/α-hetero) is 1. The first kappa shape index (κ1) is 20.3. The van der Waals surface area contributed by atoms with E-state index in [4.69, 9.17) is 0 Å². The van der Waals surface area contributed by atoms with Crippen LogP contribution in [0.15, 0.2) is 54.6 Å².